The van der Waals surface area contributed by atoms with E-state index < -0.39 is 0 Å². The van der Waals surface area contributed by atoms with Crippen LogP contribution in [0.4, 0.5) is 5.82 Å². The number of thioether (sulfide) groups is 1. The van der Waals surface area contributed by atoms with Crippen molar-refractivity contribution < 1.29 is 4.79 Å². The number of nitrogens with zero attached hydrogens (tertiary/aromatic N) is 5. The number of aromatic nitrogens is 5. The van der Waals surface area contributed by atoms with Crippen molar-refractivity contribution in [2.45, 2.75) is 32.0 Å². The summed E-state index contributed by atoms with van der Waals surface area (Å²) >= 11 is 13.4. The number of para-hydroxylation sites is 1. The fourth-order valence-corrected chi connectivity index (χ4v) is 4.32. The number of halogens is 2. The number of anilines is 1. The molecule has 0 radical (unpaired) electrons. The summed E-state index contributed by atoms with van der Waals surface area (Å²) in [7, 11) is 0. The van der Waals surface area contributed by atoms with Crippen molar-refractivity contribution in [3.05, 3.63) is 56.4 Å². The summed E-state index contributed by atoms with van der Waals surface area (Å²) in [5.74, 6) is 0.458. The molecule has 0 unspecified atom stereocenters. The molecule has 0 aliphatic carbocycles. The van der Waals surface area contributed by atoms with Crippen molar-refractivity contribution in [2.75, 3.05) is 11.1 Å². The molecule has 31 heavy (non-hydrogen) atoms. The molecule has 3 heterocycles. The second-order valence-electron chi connectivity index (χ2n) is 6.82. The van der Waals surface area contributed by atoms with Crippen LogP contribution in [0.15, 0.2) is 40.4 Å². The predicted octanol–water partition coefficient (Wildman–Crippen LogP) is 4.20. The van der Waals surface area contributed by atoms with Crippen LogP contribution in [0, 0.1) is 6.92 Å². The quantitative estimate of drug-likeness (QED) is 0.419. The maximum atomic E-state index is 12.9. The van der Waals surface area contributed by atoms with E-state index in [1.54, 1.807) is 17.6 Å². The normalized spacial score (nSPS) is 11.4. The Morgan fingerprint density at radius 3 is 2.77 bits per heavy atom. The third kappa shape index (κ3) is 4.00. The number of aryl methyl sites for hydroxylation is 1. The molecule has 3 aromatic heterocycles. The summed E-state index contributed by atoms with van der Waals surface area (Å²) in [6.45, 7) is 4.27. The Morgan fingerprint density at radius 2 is 2.00 bits per heavy atom. The van der Waals surface area contributed by atoms with Gasteiger partial charge in [-0.1, -0.05) is 54.0 Å². The van der Waals surface area contributed by atoms with E-state index in [1.807, 2.05) is 29.5 Å². The molecular weight excluding hydrogens is 459 g/mol. The molecule has 0 fully saturated rings. The van der Waals surface area contributed by atoms with Crippen LogP contribution in [0.5, 0.6) is 0 Å². The highest BCUT2D eigenvalue weighted by Crippen LogP contribution is 2.29. The highest BCUT2D eigenvalue weighted by Gasteiger charge is 2.18. The minimum absolute atomic E-state index is 0.0572. The van der Waals surface area contributed by atoms with E-state index in [2.05, 4.69) is 20.5 Å². The van der Waals surface area contributed by atoms with Crippen LogP contribution in [0.3, 0.4) is 0 Å². The zero-order valence-corrected chi connectivity index (χ0v) is 19.1. The Morgan fingerprint density at radius 1 is 1.23 bits per heavy atom. The van der Waals surface area contributed by atoms with Crippen molar-refractivity contribution in [1.82, 2.24) is 24.1 Å². The van der Waals surface area contributed by atoms with Gasteiger partial charge in [-0.25, -0.2) is 4.98 Å². The van der Waals surface area contributed by atoms with Crippen LogP contribution >= 0.6 is 35.0 Å². The number of carbonyl (C=O) groups excluding carboxylic acids is 1. The first-order valence-electron chi connectivity index (χ1n) is 9.52. The van der Waals surface area contributed by atoms with E-state index >= 15 is 0 Å². The van der Waals surface area contributed by atoms with Gasteiger partial charge in [0.1, 0.15) is 0 Å². The molecule has 0 bridgehead atoms. The number of hydrogen-bond donors (Lipinski definition) is 1. The first kappa shape index (κ1) is 21.6. The van der Waals surface area contributed by atoms with Gasteiger partial charge in [-0.3, -0.25) is 18.6 Å². The van der Waals surface area contributed by atoms with Crippen molar-refractivity contribution in [3.8, 4) is 0 Å². The monoisotopic (exact) mass is 476 g/mol. The van der Waals surface area contributed by atoms with Crippen molar-refractivity contribution in [2.24, 2.45) is 0 Å². The third-order valence-electron chi connectivity index (χ3n) is 4.72. The molecular formula is C20H18Cl2N6O2S. The average Bonchev–Trinajstić information content (AvgIpc) is 3.19. The SMILES string of the molecule is CCCn1c(=O)c2ccccc2n2c(SCC(=O)Nc3ncc(Cl)c(C)c3Cl)nnc12. The molecule has 8 nitrogen and oxygen atoms in total. The lowest BCUT2D eigenvalue weighted by Gasteiger charge is -2.11. The van der Waals surface area contributed by atoms with Crippen molar-refractivity contribution in [1.29, 1.82) is 0 Å². The van der Waals surface area contributed by atoms with Gasteiger partial charge in [0.25, 0.3) is 5.56 Å². The second-order valence-corrected chi connectivity index (χ2v) is 8.55. The number of fused-ring (bicyclic) bond motifs is 3. The Balaban J connectivity index is 1.64. The minimum atomic E-state index is -0.302. The Bertz CT molecular complexity index is 1370. The summed E-state index contributed by atoms with van der Waals surface area (Å²) in [6.07, 6.45) is 2.22. The van der Waals surface area contributed by atoms with Crippen LogP contribution in [0.2, 0.25) is 10.0 Å². The van der Waals surface area contributed by atoms with Crippen LogP contribution in [-0.2, 0) is 11.3 Å². The molecule has 0 atom stereocenters. The average molecular weight is 477 g/mol. The van der Waals surface area contributed by atoms with E-state index in [9.17, 15) is 9.59 Å². The smallest absolute Gasteiger partial charge is 0.262 e. The molecule has 0 saturated carbocycles. The van der Waals surface area contributed by atoms with Gasteiger partial charge >= 0.3 is 0 Å². The molecule has 1 N–H and O–H groups in total. The molecule has 4 rings (SSSR count). The highest BCUT2D eigenvalue weighted by molar-refractivity contribution is 7.99. The Kier molecular flexibility index (Phi) is 6.17. The minimum Gasteiger partial charge on any atom is -0.309 e. The molecule has 1 amide bonds. The number of pyridine rings is 1. The molecule has 11 heteroatoms. The largest absolute Gasteiger partial charge is 0.309 e. The van der Waals surface area contributed by atoms with Crippen LogP contribution in [0.1, 0.15) is 18.9 Å². The van der Waals surface area contributed by atoms with Gasteiger partial charge in [0, 0.05) is 12.7 Å². The van der Waals surface area contributed by atoms with Gasteiger partial charge in [-0.05, 0) is 31.0 Å². The third-order valence-corrected chi connectivity index (χ3v) is 6.49. The summed E-state index contributed by atoms with van der Waals surface area (Å²) < 4.78 is 3.42. The highest BCUT2D eigenvalue weighted by atomic mass is 35.5. The van der Waals surface area contributed by atoms with E-state index in [-0.39, 0.29) is 23.0 Å². The summed E-state index contributed by atoms with van der Waals surface area (Å²) in [5.41, 5.74) is 1.23. The van der Waals surface area contributed by atoms with E-state index in [0.717, 1.165) is 6.42 Å². The molecule has 0 aliphatic heterocycles. The maximum Gasteiger partial charge on any atom is 0.262 e. The molecule has 4 aromatic rings. The fourth-order valence-electron chi connectivity index (χ4n) is 3.19. The second kappa shape index (κ2) is 8.86. The first-order chi connectivity index (χ1) is 14.9. The molecule has 0 saturated heterocycles. The summed E-state index contributed by atoms with van der Waals surface area (Å²) in [5, 5.41) is 13.0. The zero-order chi connectivity index (χ0) is 22.1. The van der Waals surface area contributed by atoms with Gasteiger partial charge in [-0.2, -0.15) is 0 Å². The Labute approximate surface area is 191 Å². The lowest BCUT2D eigenvalue weighted by atomic mass is 10.2. The number of carbonyl (C=O) groups is 1. The summed E-state index contributed by atoms with van der Waals surface area (Å²) in [6, 6.07) is 7.29. The fraction of sp³-hybridized carbons (Fsp3) is 0.250. The van der Waals surface area contributed by atoms with Crippen LogP contribution in [-0.4, -0.2) is 35.8 Å². The van der Waals surface area contributed by atoms with Crippen LogP contribution in [0.25, 0.3) is 16.7 Å². The van der Waals surface area contributed by atoms with E-state index in [4.69, 9.17) is 23.2 Å². The van der Waals surface area contributed by atoms with Gasteiger partial charge in [0.15, 0.2) is 11.0 Å². The number of rotatable bonds is 6. The van der Waals surface area contributed by atoms with E-state index in [0.29, 0.717) is 44.0 Å². The van der Waals surface area contributed by atoms with Crippen molar-refractivity contribution in [3.63, 3.8) is 0 Å². The number of amides is 1. The molecule has 0 aliphatic rings. The van der Waals surface area contributed by atoms with Crippen LogP contribution < -0.4 is 10.9 Å². The zero-order valence-electron chi connectivity index (χ0n) is 16.7. The Hall–Kier alpha value is -2.62. The number of nitrogens with one attached hydrogen (secondary N) is 1. The van der Waals surface area contributed by atoms with Gasteiger partial charge in [0.2, 0.25) is 11.7 Å². The molecule has 0 spiro atoms. The standard InChI is InChI=1S/C20H18Cl2N6O2S/c1-3-8-27-18(30)12-6-4-5-7-14(12)28-19(27)25-26-20(28)31-10-15(29)24-17-16(22)11(2)13(21)9-23-17/h4-7,9H,3,8,10H2,1-2H3,(H,23,24,29). The molecule has 160 valence electrons. The lowest BCUT2D eigenvalue weighted by Crippen LogP contribution is -2.23. The first-order valence-corrected chi connectivity index (χ1v) is 11.3. The van der Waals surface area contributed by atoms with Crippen molar-refractivity contribution >= 4 is 63.4 Å². The van der Waals surface area contributed by atoms with E-state index in [1.165, 1.54) is 18.0 Å². The van der Waals surface area contributed by atoms with Gasteiger partial charge in [-0.15, -0.1) is 10.2 Å². The molecule has 1 aromatic carbocycles. The van der Waals surface area contributed by atoms with Gasteiger partial charge < -0.3 is 5.32 Å². The topological polar surface area (TPSA) is 94.2 Å². The number of benzene rings is 1. The summed E-state index contributed by atoms with van der Waals surface area (Å²) in [4.78, 5) is 29.5. The maximum absolute atomic E-state index is 12.9. The van der Waals surface area contributed by atoms with Gasteiger partial charge in [0.05, 0.1) is 26.7 Å². The lowest BCUT2D eigenvalue weighted by molar-refractivity contribution is -0.113. The predicted molar refractivity (Wildman–Crippen MR) is 123 cm³/mol. The number of hydrogen-bond acceptors (Lipinski definition) is 6.